The topological polar surface area (TPSA) is 82.9 Å². The molecule has 0 radical (unpaired) electrons. The molecule has 5 rings (SSSR count). The average Bonchev–Trinajstić information content (AvgIpc) is 3.38. The van der Waals surface area contributed by atoms with Crippen molar-refractivity contribution in [3.05, 3.63) is 61.8 Å². The van der Waals surface area contributed by atoms with Crippen molar-refractivity contribution >= 4 is 23.4 Å². The van der Waals surface area contributed by atoms with Gasteiger partial charge in [0.15, 0.2) is 5.75 Å². The first-order valence-corrected chi connectivity index (χ1v) is 11.2. The quantitative estimate of drug-likeness (QED) is 0.763. The van der Waals surface area contributed by atoms with Gasteiger partial charge in [-0.05, 0) is 42.9 Å². The molecule has 9 heteroatoms. The maximum Gasteiger partial charge on any atom is 0.295 e. The fourth-order valence-corrected chi connectivity index (χ4v) is 5.65. The van der Waals surface area contributed by atoms with Crippen molar-refractivity contribution in [2.45, 2.75) is 44.8 Å². The van der Waals surface area contributed by atoms with Crippen LogP contribution in [0.25, 0.3) is 0 Å². The van der Waals surface area contributed by atoms with Crippen LogP contribution < -0.4 is 5.56 Å². The van der Waals surface area contributed by atoms with E-state index in [1.807, 2.05) is 0 Å². The van der Waals surface area contributed by atoms with E-state index in [0.717, 1.165) is 25.7 Å². The van der Waals surface area contributed by atoms with Crippen molar-refractivity contribution in [3.63, 3.8) is 0 Å². The maximum absolute atomic E-state index is 13.5. The number of rotatable bonds is 3. The van der Waals surface area contributed by atoms with Crippen LogP contribution in [0.4, 0.5) is 4.39 Å². The summed E-state index contributed by atoms with van der Waals surface area (Å²) in [6.07, 6.45) is 3.82. The number of benzene rings is 1. The summed E-state index contributed by atoms with van der Waals surface area (Å²) < 4.78 is 14.9. The minimum atomic E-state index is -0.701. The van der Waals surface area contributed by atoms with Crippen LogP contribution in [0.1, 0.15) is 63.8 Å². The molecule has 3 aliphatic rings. The van der Waals surface area contributed by atoms with Gasteiger partial charge in [-0.2, -0.15) is 0 Å². The fraction of sp³-hybridized carbons (Fsp3) is 0.435. The second-order valence-electron chi connectivity index (χ2n) is 8.83. The molecule has 0 bridgehead atoms. The molecule has 1 fully saturated rings. The molecule has 32 heavy (non-hydrogen) atoms. The standard InChI is InChI=1S/C23H23ClFN3O4/c1-26-20(13-4-2-3-5-13)28-18(22(26)31)14-8-9-27(21(30)17(14)19(29)23(28)32)11-12-6-7-16(25)15(24)10-12/h6-7,10,13,20,29H,2-5,8-9,11H2,1H3. The summed E-state index contributed by atoms with van der Waals surface area (Å²) in [5.74, 6) is -1.82. The molecule has 2 aromatic rings. The first-order valence-electron chi connectivity index (χ1n) is 10.8. The number of fused-ring (bicyclic) bond motifs is 3. The lowest BCUT2D eigenvalue weighted by Crippen LogP contribution is -2.40. The summed E-state index contributed by atoms with van der Waals surface area (Å²) in [5.41, 5.74) is 0.475. The lowest BCUT2D eigenvalue weighted by molar-refractivity contribution is 0.0679. The normalized spacial score (nSPS) is 20.8. The Labute approximate surface area is 189 Å². The van der Waals surface area contributed by atoms with Crippen molar-refractivity contribution in [3.8, 4) is 5.75 Å². The van der Waals surface area contributed by atoms with Gasteiger partial charge >= 0.3 is 0 Å². The Balaban J connectivity index is 1.56. The Morgan fingerprint density at radius 2 is 1.88 bits per heavy atom. The zero-order valence-electron chi connectivity index (χ0n) is 17.6. The van der Waals surface area contributed by atoms with Gasteiger partial charge in [-0.1, -0.05) is 30.5 Å². The van der Waals surface area contributed by atoms with Gasteiger partial charge in [0.1, 0.15) is 17.7 Å². The molecule has 1 unspecified atom stereocenters. The highest BCUT2D eigenvalue weighted by Gasteiger charge is 2.45. The highest BCUT2D eigenvalue weighted by molar-refractivity contribution is 6.30. The molecule has 2 amide bonds. The zero-order chi connectivity index (χ0) is 22.7. The molecule has 7 nitrogen and oxygen atoms in total. The van der Waals surface area contributed by atoms with Gasteiger partial charge in [0.25, 0.3) is 17.4 Å². The van der Waals surface area contributed by atoms with Gasteiger partial charge in [-0.3, -0.25) is 19.0 Å². The second-order valence-corrected chi connectivity index (χ2v) is 9.23. The first kappa shape index (κ1) is 21.0. The van der Waals surface area contributed by atoms with Crippen molar-refractivity contribution in [2.24, 2.45) is 5.92 Å². The van der Waals surface area contributed by atoms with Gasteiger partial charge in [0, 0.05) is 25.7 Å². The fourth-order valence-electron chi connectivity index (χ4n) is 5.45. The van der Waals surface area contributed by atoms with E-state index in [0.29, 0.717) is 24.1 Å². The average molecular weight is 460 g/mol. The van der Waals surface area contributed by atoms with Crippen LogP contribution in [0.2, 0.25) is 5.02 Å². The molecule has 0 saturated heterocycles. The molecule has 2 aliphatic heterocycles. The van der Waals surface area contributed by atoms with Gasteiger partial charge in [0.2, 0.25) is 0 Å². The molecule has 0 spiro atoms. The van der Waals surface area contributed by atoms with Crippen LogP contribution in [-0.2, 0) is 13.0 Å². The number of carbonyl (C=O) groups is 2. The number of nitrogens with zero attached hydrogens (tertiary/aromatic N) is 3. The summed E-state index contributed by atoms with van der Waals surface area (Å²) in [4.78, 5) is 42.6. The van der Waals surface area contributed by atoms with Crippen molar-refractivity contribution < 1.29 is 19.1 Å². The van der Waals surface area contributed by atoms with E-state index < -0.39 is 29.2 Å². The lowest BCUT2D eigenvalue weighted by atomic mass is 9.95. The molecular formula is C23H23ClFN3O4. The minimum absolute atomic E-state index is 0.0436. The van der Waals surface area contributed by atoms with E-state index in [9.17, 15) is 23.9 Å². The molecule has 1 saturated carbocycles. The summed E-state index contributed by atoms with van der Waals surface area (Å²) in [5, 5.41) is 10.8. The Morgan fingerprint density at radius 3 is 2.56 bits per heavy atom. The van der Waals surface area contributed by atoms with E-state index >= 15 is 0 Å². The first-order chi connectivity index (χ1) is 15.3. The predicted molar refractivity (Wildman–Crippen MR) is 115 cm³/mol. The van der Waals surface area contributed by atoms with Crippen molar-refractivity contribution in [1.29, 1.82) is 0 Å². The van der Waals surface area contributed by atoms with Crippen molar-refractivity contribution in [1.82, 2.24) is 14.4 Å². The molecule has 1 aliphatic carbocycles. The summed E-state index contributed by atoms with van der Waals surface area (Å²) >= 11 is 5.85. The van der Waals surface area contributed by atoms with E-state index in [2.05, 4.69) is 0 Å². The molecule has 168 valence electrons. The molecule has 3 heterocycles. The number of carbonyl (C=O) groups excluding carboxylic acids is 2. The van der Waals surface area contributed by atoms with Crippen LogP contribution in [-0.4, -0.2) is 44.9 Å². The van der Waals surface area contributed by atoms with E-state index in [4.69, 9.17) is 11.6 Å². The van der Waals surface area contributed by atoms with Gasteiger partial charge in [-0.15, -0.1) is 0 Å². The number of hydrogen-bond acceptors (Lipinski definition) is 4. The van der Waals surface area contributed by atoms with Crippen LogP contribution in [0.5, 0.6) is 5.75 Å². The highest BCUT2D eigenvalue weighted by Crippen LogP contribution is 2.42. The largest absolute Gasteiger partial charge is 0.502 e. The third-order valence-corrected chi connectivity index (χ3v) is 7.27. The third kappa shape index (κ3) is 3.03. The van der Waals surface area contributed by atoms with E-state index in [-0.39, 0.29) is 34.6 Å². The van der Waals surface area contributed by atoms with Gasteiger partial charge in [-0.25, -0.2) is 4.39 Å². The van der Waals surface area contributed by atoms with Crippen LogP contribution in [0.3, 0.4) is 0 Å². The van der Waals surface area contributed by atoms with E-state index in [1.165, 1.54) is 27.7 Å². The Bertz CT molecular complexity index is 1200. The maximum atomic E-state index is 13.5. The Morgan fingerprint density at radius 1 is 1.16 bits per heavy atom. The zero-order valence-corrected chi connectivity index (χ0v) is 18.4. The molecule has 1 atom stereocenters. The SMILES string of the molecule is CN1C(=O)c2c3c(c(O)c(=O)n2C1C1CCCC1)C(=O)N(Cc1ccc(F)c(Cl)c1)CC3. The number of pyridine rings is 1. The van der Waals surface area contributed by atoms with Crippen molar-refractivity contribution in [2.75, 3.05) is 13.6 Å². The Hall–Kier alpha value is -2.87. The summed E-state index contributed by atoms with van der Waals surface area (Å²) in [7, 11) is 1.68. The second kappa shape index (κ2) is 7.62. The molecule has 1 aromatic heterocycles. The summed E-state index contributed by atoms with van der Waals surface area (Å²) in [6, 6.07) is 4.21. The summed E-state index contributed by atoms with van der Waals surface area (Å²) in [6.45, 7) is 0.450. The lowest BCUT2D eigenvalue weighted by Gasteiger charge is -2.31. The monoisotopic (exact) mass is 459 g/mol. The third-order valence-electron chi connectivity index (χ3n) is 6.98. The number of aromatic nitrogens is 1. The number of aromatic hydroxyl groups is 1. The van der Waals surface area contributed by atoms with Crippen LogP contribution >= 0.6 is 11.6 Å². The number of halogens is 2. The van der Waals surface area contributed by atoms with Crippen LogP contribution in [0, 0.1) is 11.7 Å². The van der Waals surface area contributed by atoms with Crippen LogP contribution in [0.15, 0.2) is 23.0 Å². The predicted octanol–water partition coefficient (Wildman–Crippen LogP) is 3.32. The molecule has 1 aromatic carbocycles. The number of hydrogen-bond donors (Lipinski definition) is 1. The minimum Gasteiger partial charge on any atom is -0.502 e. The van der Waals surface area contributed by atoms with Gasteiger partial charge in [0.05, 0.1) is 10.6 Å². The molecular weight excluding hydrogens is 437 g/mol. The highest BCUT2D eigenvalue weighted by atomic mass is 35.5. The smallest absolute Gasteiger partial charge is 0.295 e. The van der Waals surface area contributed by atoms with Gasteiger partial charge < -0.3 is 14.9 Å². The molecule has 1 N–H and O–H groups in total. The Kier molecular flexibility index (Phi) is 5.00. The van der Waals surface area contributed by atoms with E-state index in [1.54, 1.807) is 11.9 Å². The number of amides is 2.